The Kier molecular flexibility index (Phi) is 5.64. The minimum Gasteiger partial charge on any atom is -0.464 e. The van der Waals surface area contributed by atoms with Crippen molar-refractivity contribution in [2.24, 2.45) is 0 Å². The number of ether oxygens (including phenoxy) is 1. The van der Waals surface area contributed by atoms with E-state index in [0.717, 1.165) is 27.7 Å². The van der Waals surface area contributed by atoms with Crippen LogP contribution in [0.3, 0.4) is 0 Å². The molecule has 158 valence electrons. The van der Waals surface area contributed by atoms with E-state index in [9.17, 15) is 13.2 Å². The van der Waals surface area contributed by atoms with Crippen LogP contribution < -0.4 is 5.32 Å². The number of amides is 1. The molecule has 30 heavy (non-hydrogen) atoms. The third kappa shape index (κ3) is 4.12. The first-order valence-corrected chi connectivity index (χ1v) is 11.2. The fourth-order valence-corrected chi connectivity index (χ4v) is 5.19. The lowest BCUT2D eigenvalue weighted by atomic mass is 10.0. The molecule has 1 fully saturated rings. The number of sulfonamides is 1. The summed E-state index contributed by atoms with van der Waals surface area (Å²) in [6.07, 6.45) is 1.79. The second-order valence-electron chi connectivity index (χ2n) is 7.48. The van der Waals surface area contributed by atoms with Crippen LogP contribution in [0, 0.1) is 13.8 Å². The molecule has 1 amide bonds. The average molecular weight is 429 g/mol. The Morgan fingerprint density at radius 2 is 1.80 bits per heavy atom. The van der Waals surface area contributed by atoms with E-state index in [1.54, 1.807) is 18.4 Å². The lowest BCUT2D eigenvalue weighted by molar-refractivity contribution is -0.115. The molecule has 1 aliphatic heterocycles. The smallest absolute Gasteiger partial charge is 0.243 e. The fourth-order valence-electron chi connectivity index (χ4n) is 3.78. The van der Waals surface area contributed by atoms with Crippen LogP contribution in [0.5, 0.6) is 0 Å². The van der Waals surface area contributed by atoms with E-state index in [1.807, 2.05) is 19.9 Å². The minimum atomic E-state index is -3.55. The quantitative estimate of drug-likeness (QED) is 0.674. The van der Waals surface area contributed by atoms with Gasteiger partial charge in [-0.25, -0.2) is 8.42 Å². The number of carbonyl (C=O) groups is 1. The SMILES string of the molecule is Cc1cc(C)c2c(CC(=O)Nc3ccc(S(=O)(=O)N4CCOCC4)cc3)coc2c1. The van der Waals surface area contributed by atoms with Crippen molar-refractivity contribution in [3.05, 3.63) is 59.4 Å². The van der Waals surface area contributed by atoms with Gasteiger partial charge in [0.1, 0.15) is 5.58 Å². The number of nitrogens with one attached hydrogen (secondary N) is 1. The number of carbonyl (C=O) groups excluding carboxylic acids is 1. The van der Waals surface area contributed by atoms with E-state index in [-0.39, 0.29) is 17.2 Å². The molecule has 0 saturated carbocycles. The standard InChI is InChI=1S/C22H24N2O5S/c1-15-11-16(2)22-17(14-29-20(22)12-15)13-21(25)23-18-3-5-19(6-4-18)30(26,27)24-7-9-28-10-8-24/h3-6,11-12,14H,7-10,13H2,1-2H3,(H,23,25). The van der Waals surface area contributed by atoms with Crippen LogP contribution in [0.15, 0.2) is 52.0 Å². The first kappa shape index (κ1) is 20.6. The van der Waals surface area contributed by atoms with Crippen molar-refractivity contribution >= 4 is 32.6 Å². The van der Waals surface area contributed by atoms with Crippen LogP contribution in [0.1, 0.15) is 16.7 Å². The largest absolute Gasteiger partial charge is 0.464 e. The number of anilines is 1. The molecule has 0 radical (unpaired) electrons. The molecule has 7 nitrogen and oxygen atoms in total. The molecule has 0 unspecified atom stereocenters. The van der Waals surface area contributed by atoms with Crippen molar-refractivity contribution in [3.8, 4) is 0 Å². The van der Waals surface area contributed by atoms with Gasteiger partial charge < -0.3 is 14.5 Å². The van der Waals surface area contributed by atoms with Gasteiger partial charge in [0, 0.05) is 29.7 Å². The molecule has 0 bridgehead atoms. The van der Waals surface area contributed by atoms with Crippen molar-refractivity contribution < 1.29 is 22.4 Å². The number of morpholine rings is 1. The molecule has 0 aliphatic carbocycles. The summed E-state index contributed by atoms with van der Waals surface area (Å²) in [4.78, 5) is 12.7. The van der Waals surface area contributed by atoms with Crippen molar-refractivity contribution in [2.45, 2.75) is 25.2 Å². The topological polar surface area (TPSA) is 88.9 Å². The summed E-state index contributed by atoms with van der Waals surface area (Å²) < 4.78 is 37.6. The molecule has 2 heterocycles. The molecule has 2 aromatic carbocycles. The van der Waals surface area contributed by atoms with Crippen molar-refractivity contribution in [2.75, 3.05) is 31.6 Å². The molecule has 0 spiro atoms. The number of hydrogen-bond donors (Lipinski definition) is 1. The number of rotatable bonds is 5. The predicted molar refractivity (Wildman–Crippen MR) is 114 cm³/mol. The van der Waals surface area contributed by atoms with E-state index in [0.29, 0.717) is 32.0 Å². The molecule has 3 aromatic rings. The van der Waals surface area contributed by atoms with Gasteiger partial charge in [-0.2, -0.15) is 4.31 Å². The summed E-state index contributed by atoms with van der Waals surface area (Å²) in [5.74, 6) is -0.193. The van der Waals surface area contributed by atoms with Gasteiger partial charge in [-0.05, 0) is 55.3 Å². The highest BCUT2D eigenvalue weighted by molar-refractivity contribution is 7.89. The number of hydrogen-bond acceptors (Lipinski definition) is 5. The van der Waals surface area contributed by atoms with Crippen molar-refractivity contribution in [1.29, 1.82) is 0 Å². The summed E-state index contributed by atoms with van der Waals surface area (Å²) in [7, 11) is -3.55. The van der Waals surface area contributed by atoms with Gasteiger partial charge in [-0.3, -0.25) is 4.79 Å². The molecular weight excluding hydrogens is 404 g/mol. The summed E-state index contributed by atoms with van der Waals surface area (Å²) in [5.41, 5.74) is 4.32. The van der Waals surface area contributed by atoms with Gasteiger partial charge in [-0.15, -0.1) is 0 Å². The zero-order valence-corrected chi connectivity index (χ0v) is 17.8. The van der Waals surface area contributed by atoms with Crippen LogP contribution in [0.25, 0.3) is 11.0 Å². The molecule has 4 rings (SSSR count). The summed E-state index contributed by atoms with van der Waals surface area (Å²) in [6.45, 7) is 5.49. The second kappa shape index (κ2) is 8.22. The van der Waals surface area contributed by atoms with E-state index < -0.39 is 10.0 Å². The average Bonchev–Trinajstić information content (AvgIpc) is 3.11. The monoisotopic (exact) mass is 428 g/mol. The number of nitrogens with zero attached hydrogens (tertiary/aromatic N) is 1. The highest BCUT2D eigenvalue weighted by atomic mass is 32.2. The Labute approximate surface area is 175 Å². The van der Waals surface area contributed by atoms with Crippen molar-refractivity contribution in [1.82, 2.24) is 4.31 Å². The van der Waals surface area contributed by atoms with E-state index >= 15 is 0 Å². The third-order valence-electron chi connectivity index (χ3n) is 5.19. The van der Waals surface area contributed by atoms with E-state index in [1.165, 1.54) is 16.4 Å². The first-order valence-electron chi connectivity index (χ1n) is 9.80. The van der Waals surface area contributed by atoms with Gasteiger partial charge in [0.25, 0.3) is 0 Å². The number of fused-ring (bicyclic) bond motifs is 1. The number of furan rings is 1. The highest BCUT2D eigenvalue weighted by Gasteiger charge is 2.26. The molecular formula is C22H24N2O5S. The van der Waals surface area contributed by atoms with Gasteiger partial charge in [0.15, 0.2) is 0 Å². The van der Waals surface area contributed by atoms with Gasteiger partial charge in [0.2, 0.25) is 15.9 Å². The Bertz CT molecular complexity index is 1180. The Morgan fingerprint density at radius 1 is 1.10 bits per heavy atom. The maximum atomic E-state index is 12.7. The zero-order chi connectivity index (χ0) is 21.3. The van der Waals surface area contributed by atoms with Crippen LogP contribution >= 0.6 is 0 Å². The maximum Gasteiger partial charge on any atom is 0.243 e. The van der Waals surface area contributed by atoms with Crippen molar-refractivity contribution in [3.63, 3.8) is 0 Å². The van der Waals surface area contributed by atoms with Crippen LogP contribution in [0.4, 0.5) is 5.69 Å². The highest BCUT2D eigenvalue weighted by Crippen LogP contribution is 2.27. The number of aryl methyl sites for hydroxylation is 2. The van der Waals surface area contributed by atoms with Gasteiger partial charge in [0.05, 0.1) is 30.8 Å². The summed E-state index contributed by atoms with van der Waals surface area (Å²) >= 11 is 0. The minimum absolute atomic E-state index is 0.171. The van der Waals surface area contributed by atoms with Gasteiger partial charge in [-0.1, -0.05) is 6.07 Å². The lowest BCUT2D eigenvalue weighted by Gasteiger charge is -2.26. The fraction of sp³-hybridized carbons (Fsp3) is 0.318. The van der Waals surface area contributed by atoms with Crippen LogP contribution in [-0.2, 0) is 26.0 Å². The molecule has 8 heteroatoms. The lowest BCUT2D eigenvalue weighted by Crippen LogP contribution is -2.40. The Balaban J connectivity index is 1.45. The molecule has 1 aliphatic rings. The normalized spacial score (nSPS) is 15.4. The van der Waals surface area contributed by atoms with E-state index in [2.05, 4.69) is 11.4 Å². The summed E-state index contributed by atoms with van der Waals surface area (Å²) in [6, 6.07) is 10.3. The predicted octanol–water partition coefficient (Wildman–Crippen LogP) is 3.25. The summed E-state index contributed by atoms with van der Waals surface area (Å²) in [5, 5.41) is 3.79. The van der Waals surface area contributed by atoms with Crippen LogP contribution in [-0.4, -0.2) is 44.9 Å². The first-order chi connectivity index (χ1) is 14.3. The van der Waals surface area contributed by atoms with Gasteiger partial charge >= 0.3 is 0 Å². The van der Waals surface area contributed by atoms with E-state index in [4.69, 9.17) is 9.15 Å². The zero-order valence-electron chi connectivity index (χ0n) is 17.0. The molecule has 1 N–H and O–H groups in total. The van der Waals surface area contributed by atoms with Crippen LogP contribution in [0.2, 0.25) is 0 Å². The Hall–Kier alpha value is -2.68. The molecule has 1 saturated heterocycles. The molecule has 1 aromatic heterocycles. The third-order valence-corrected chi connectivity index (χ3v) is 7.10. The maximum absolute atomic E-state index is 12.7. The number of benzene rings is 2. The Morgan fingerprint density at radius 3 is 2.50 bits per heavy atom. The second-order valence-corrected chi connectivity index (χ2v) is 9.42. The molecule has 0 atom stereocenters.